The van der Waals surface area contributed by atoms with Gasteiger partial charge in [0.2, 0.25) is 0 Å². The highest BCUT2D eigenvalue weighted by atomic mass is 16.3. The van der Waals surface area contributed by atoms with Crippen LogP contribution in [0.1, 0.15) is 66.8 Å². The molecule has 0 spiro atoms. The average molecular weight is 437 g/mol. The van der Waals surface area contributed by atoms with Gasteiger partial charge in [0.05, 0.1) is 6.10 Å². The fourth-order valence-corrected chi connectivity index (χ4v) is 5.18. The fraction of sp³-hybridized carbons (Fsp3) is 0.519. The molecule has 2 N–H and O–H groups in total. The first-order chi connectivity index (χ1) is 15.2. The number of β-amino-alcohol motifs (C(OH)–C–C–N with tert-alkyl or cyclic N) is 1. The van der Waals surface area contributed by atoms with Crippen LogP contribution >= 0.6 is 0 Å². The van der Waals surface area contributed by atoms with Gasteiger partial charge in [0.25, 0.3) is 5.91 Å². The number of rotatable bonds is 3. The van der Waals surface area contributed by atoms with Gasteiger partial charge in [-0.1, -0.05) is 39.0 Å². The van der Waals surface area contributed by atoms with E-state index in [0.717, 1.165) is 62.0 Å². The van der Waals surface area contributed by atoms with E-state index in [1.807, 2.05) is 23.1 Å². The van der Waals surface area contributed by atoms with E-state index in [-0.39, 0.29) is 17.1 Å². The van der Waals surface area contributed by atoms with Crippen molar-refractivity contribution in [3.05, 3.63) is 64.7 Å². The highest BCUT2D eigenvalue weighted by molar-refractivity contribution is 5.94. The number of piperidine rings is 1. The Kier molecular flexibility index (Phi) is 6.59. The summed E-state index contributed by atoms with van der Waals surface area (Å²) in [6.07, 6.45) is 3.07. The van der Waals surface area contributed by atoms with Crippen LogP contribution in [-0.2, 0) is 12.8 Å². The van der Waals surface area contributed by atoms with Gasteiger partial charge in [-0.15, -0.1) is 0 Å². The number of benzene rings is 2. The summed E-state index contributed by atoms with van der Waals surface area (Å²) in [6.45, 7) is 9.60. The van der Waals surface area contributed by atoms with Crippen LogP contribution in [0.15, 0.2) is 42.5 Å². The summed E-state index contributed by atoms with van der Waals surface area (Å²) < 4.78 is 0. The van der Waals surface area contributed by atoms with E-state index >= 15 is 0 Å². The topological polar surface area (TPSA) is 64.0 Å². The number of aromatic hydroxyl groups is 1. The number of fused-ring (bicyclic) bond motifs is 1. The Balaban J connectivity index is 1.36. The predicted molar refractivity (Wildman–Crippen MR) is 127 cm³/mol. The van der Waals surface area contributed by atoms with Crippen LogP contribution in [0.3, 0.4) is 0 Å². The normalized spacial score (nSPS) is 20.6. The summed E-state index contributed by atoms with van der Waals surface area (Å²) in [5, 5.41) is 20.5. The molecular weight excluding hydrogens is 400 g/mol. The molecule has 1 unspecified atom stereocenters. The number of hydrogen-bond donors (Lipinski definition) is 2. The standard InChI is InChI=1S/C27H36N2O3/c1-27(2,3)17-19-5-4-6-21(15-19)26(32)28-13-10-22(11-14-28)29-12-9-20-16-23(30)7-8-24(20)25(31)18-29/h4-8,15-16,22,25,30-31H,9-14,17-18H2,1-3H3. The molecule has 1 saturated heterocycles. The lowest BCUT2D eigenvalue weighted by Crippen LogP contribution is -2.47. The van der Waals surface area contributed by atoms with Crippen molar-refractivity contribution in [1.82, 2.24) is 9.80 Å². The van der Waals surface area contributed by atoms with Crippen molar-refractivity contribution in [3.63, 3.8) is 0 Å². The van der Waals surface area contributed by atoms with Gasteiger partial charge in [-0.05, 0) is 72.1 Å². The lowest BCUT2D eigenvalue weighted by Gasteiger charge is -2.38. The van der Waals surface area contributed by atoms with Crippen molar-refractivity contribution < 1.29 is 15.0 Å². The van der Waals surface area contributed by atoms with Crippen LogP contribution in [0, 0.1) is 5.41 Å². The molecule has 1 atom stereocenters. The van der Waals surface area contributed by atoms with Crippen molar-refractivity contribution in [2.24, 2.45) is 5.41 Å². The van der Waals surface area contributed by atoms with Crippen molar-refractivity contribution in [1.29, 1.82) is 0 Å². The second kappa shape index (κ2) is 9.24. The molecule has 172 valence electrons. The number of phenolic OH excluding ortho intramolecular Hbond substituents is 1. The Labute approximate surface area is 191 Å². The van der Waals surface area contributed by atoms with Crippen molar-refractivity contribution in [3.8, 4) is 5.75 Å². The van der Waals surface area contributed by atoms with Crippen LogP contribution in [0.25, 0.3) is 0 Å². The monoisotopic (exact) mass is 436 g/mol. The molecule has 0 radical (unpaired) electrons. The minimum absolute atomic E-state index is 0.123. The van der Waals surface area contributed by atoms with Crippen molar-refractivity contribution in [2.75, 3.05) is 26.2 Å². The van der Waals surface area contributed by atoms with E-state index in [1.165, 1.54) is 5.56 Å². The van der Waals surface area contributed by atoms with Crippen LogP contribution < -0.4 is 0 Å². The Morgan fingerprint density at radius 2 is 1.81 bits per heavy atom. The second-order valence-electron chi connectivity index (χ2n) is 10.6. The largest absolute Gasteiger partial charge is 0.508 e. The molecule has 2 aliphatic heterocycles. The zero-order valence-corrected chi connectivity index (χ0v) is 19.6. The van der Waals surface area contributed by atoms with E-state index in [9.17, 15) is 15.0 Å². The molecule has 2 heterocycles. The van der Waals surface area contributed by atoms with Gasteiger partial charge >= 0.3 is 0 Å². The lowest BCUT2D eigenvalue weighted by molar-refractivity contribution is 0.0499. The third-order valence-electron chi connectivity index (χ3n) is 6.74. The smallest absolute Gasteiger partial charge is 0.253 e. The molecule has 5 heteroatoms. The van der Waals surface area contributed by atoms with E-state index in [4.69, 9.17) is 0 Å². The maximum atomic E-state index is 13.1. The third kappa shape index (κ3) is 5.33. The van der Waals surface area contributed by atoms with E-state index < -0.39 is 6.10 Å². The van der Waals surface area contributed by atoms with Gasteiger partial charge < -0.3 is 15.1 Å². The predicted octanol–water partition coefficient (Wildman–Crippen LogP) is 4.18. The Morgan fingerprint density at radius 1 is 1.06 bits per heavy atom. The Morgan fingerprint density at radius 3 is 2.53 bits per heavy atom. The molecule has 4 rings (SSSR count). The lowest BCUT2D eigenvalue weighted by atomic mass is 9.87. The maximum absolute atomic E-state index is 13.1. The van der Waals surface area contributed by atoms with Crippen LogP contribution in [-0.4, -0.2) is 58.1 Å². The number of hydrogen-bond acceptors (Lipinski definition) is 4. The molecule has 5 nitrogen and oxygen atoms in total. The molecule has 32 heavy (non-hydrogen) atoms. The van der Waals surface area contributed by atoms with Gasteiger partial charge in [0.1, 0.15) is 5.75 Å². The zero-order chi connectivity index (χ0) is 22.9. The number of nitrogens with zero attached hydrogens (tertiary/aromatic N) is 2. The van der Waals surface area contributed by atoms with E-state index in [2.05, 4.69) is 37.8 Å². The van der Waals surface area contributed by atoms with Crippen molar-refractivity contribution in [2.45, 2.75) is 58.6 Å². The first-order valence-corrected chi connectivity index (χ1v) is 11.8. The summed E-state index contributed by atoms with van der Waals surface area (Å²) >= 11 is 0. The molecule has 2 aromatic rings. The number of carbonyl (C=O) groups is 1. The Hall–Kier alpha value is -2.37. The molecule has 0 aliphatic carbocycles. The van der Waals surface area contributed by atoms with Gasteiger partial charge in [-0.25, -0.2) is 0 Å². The molecule has 1 amide bonds. The van der Waals surface area contributed by atoms with Crippen LogP contribution in [0.4, 0.5) is 0 Å². The van der Waals surface area contributed by atoms with Gasteiger partial charge in [0, 0.05) is 37.8 Å². The number of aliphatic hydroxyl groups excluding tert-OH is 1. The molecular formula is C27H36N2O3. The minimum atomic E-state index is -0.543. The summed E-state index contributed by atoms with van der Waals surface area (Å²) in [5.74, 6) is 0.376. The minimum Gasteiger partial charge on any atom is -0.508 e. The first kappa shape index (κ1) is 22.8. The number of likely N-dealkylation sites (tertiary alicyclic amines) is 1. The molecule has 2 aliphatic rings. The van der Waals surface area contributed by atoms with Gasteiger partial charge in [-0.3, -0.25) is 9.69 Å². The highest BCUT2D eigenvalue weighted by Gasteiger charge is 2.31. The number of aliphatic hydroxyl groups is 1. The maximum Gasteiger partial charge on any atom is 0.253 e. The molecule has 1 fully saturated rings. The van der Waals surface area contributed by atoms with Crippen LogP contribution in [0.2, 0.25) is 0 Å². The molecule has 2 aromatic carbocycles. The molecule has 0 saturated carbocycles. The summed E-state index contributed by atoms with van der Waals surface area (Å²) in [7, 11) is 0. The quantitative estimate of drug-likeness (QED) is 0.758. The fourth-order valence-electron chi connectivity index (χ4n) is 5.18. The Bertz CT molecular complexity index is 958. The SMILES string of the molecule is CC(C)(C)Cc1cccc(C(=O)N2CCC(N3CCc4cc(O)ccc4C(O)C3)CC2)c1. The summed E-state index contributed by atoms with van der Waals surface area (Å²) in [4.78, 5) is 17.5. The number of phenols is 1. The van der Waals surface area contributed by atoms with Gasteiger partial charge in [0.15, 0.2) is 0 Å². The molecule has 0 bridgehead atoms. The number of carbonyl (C=O) groups excluding carboxylic acids is 1. The first-order valence-electron chi connectivity index (χ1n) is 11.8. The third-order valence-corrected chi connectivity index (χ3v) is 6.74. The summed E-state index contributed by atoms with van der Waals surface area (Å²) in [5.41, 5.74) is 4.14. The summed E-state index contributed by atoms with van der Waals surface area (Å²) in [6, 6.07) is 13.7. The zero-order valence-electron chi connectivity index (χ0n) is 19.6. The average Bonchev–Trinajstić information content (AvgIpc) is 2.91. The van der Waals surface area contributed by atoms with Crippen LogP contribution in [0.5, 0.6) is 5.75 Å². The van der Waals surface area contributed by atoms with E-state index in [1.54, 1.807) is 12.1 Å². The second-order valence-corrected chi connectivity index (χ2v) is 10.6. The van der Waals surface area contributed by atoms with Gasteiger partial charge in [-0.2, -0.15) is 0 Å². The highest BCUT2D eigenvalue weighted by Crippen LogP contribution is 2.30. The van der Waals surface area contributed by atoms with E-state index in [0.29, 0.717) is 12.6 Å². The molecule has 0 aromatic heterocycles. The van der Waals surface area contributed by atoms with Crippen molar-refractivity contribution >= 4 is 5.91 Å². The number of amides is 1.